The summed E-state index contributed by atoms with van der Waals surface area (Å²) in [6.07, 6.45) is 6.85. The number of carbonyl (C=O) groups excluding carboxylic acids is 1. The molecule has 2 saturated heterocycles. The molecule has 0 radical (unpaired) electrons. The van der Waals surface area contributed by atoms with E-state index in [1.807, 2.05) is 35.2 Å². The summed E-state index contributed by atoms with van der Waals surface area (Å²) >= 11 is 0. The van der Waals surface area contributed by atoms with Gasteiger partial charge in [0.25, 0.3) is 5.91 Å². The van der Waals surface area contributed by atoms with Gasteiger partial charge in [0.1, 0.15) is 11.5 Å². The van der Waals surface area contributed by atoms with E-state index in [1.54, 1.807) is 12.4 Å². The van der Waals surface area contributed by atoms with Crippen LogP contribution in [0.3, 0.4) is 0 Å². The molecular weight excluding hydrogens is 338 g/mol. The van der Waals surface area contributed by atoms with E-state index in [0.717, 1.165) is 63.2 Å². The molecule has 0 N–H and O–H groups in total. The van der Waals surface area contributed by atoms with Gasteiger partial charge in [-0.15, -0.1) is 0 Å². The molecule has 1 aromatic carbocycles. The average Bonchev–Trinajstić information content (AvgIpc) is 3.29. The highest BCUT2D eigenvalue weighted by Gasteiger charge is 2.37. The van der Waals surface area contributed by atoms with Gasteiger partial charge in [0, 0.05) is 26.2 Å². The lowest BCUT2D eigenvalue weighted by atomic mass is 9.74. The Kier molecular flexibility index (Phi) is 4.76. The normalized spacial score (nSPS) is 18.9. The van der Waals surface area contributed by atoms with Gasteiger partial charge in [0.05, 0.1) is 23.9 Å². The molecule has 4 rings (SSSR count). The molecule has 6 heteroatoms. The summed E-state index contributed by atoms with van der Waals surface area (Å²) in [5.74, 6) is 0.689. The van der Waals surface area contributed by atoms with Crippen molar-refractivity contribution in [1.29, 1.82) is 5.26 Å². The van der Waals surface area contributed by atoms with Crippen LogP contribution in [0.1, 0.15) is 41.7 Å². The topological polar surface area (TPSA) is 73.1 Å². The molecule has 138 valence electrons. The number of hydrogen-bond donors (Lipinski definition) is 0. The summed E-state index contributed by atoms with van der Waals surface area (Å²) in [7, 11) is 0. The number of rotatable bonds is 3. The molecule has 3 heterocycles. The molecule has 0 aliphatic carbocycles. The molecule has 0 spiro atoms. The minimum atomic E-state index is -0.450. The number of likely N-dealkylation sites (tertiary alicyclic amines) is 1. The van der Waals surface area contributed by atoms with E-state index in [2.05, 4.69) is 20.9 Å². The zero-order valence-corrected chi connectivity index (χ0v) is 15.3. The second-order valence-electron chi connectivity index (χ2n) is 7.31. The quantitative estimate of drug-likeness (QED) is 0.840. The Morgan fingerprint density at radius 3 is 2.41 bits per heavy atom. The number of nitrogens with zero attached hydrogens (tertiary/aromatic N) is 5. The third-order valence-corrected chi connectivity index (χ3v) is 5.72. The van der Waals surface area contributed by atoms with Gasteiger partial charge in [0.15, 0.2) is 0 Å². The summed E-state index contributed by atoms with van der Waals surface area (Å²) < 4.78 is 0. The Hall–Kier alpha value is -2.94. The molecule has 27 heavy (non-hydrogen) atoms. The number of anilines is 1. The third-order valence-electron chi connectivity index (χ3n) is 5.72. The molecule has 0 saturated carbocycles. The molecule has 2 aromatic rings. The third kappa shape index (κ3) is 3.37. The first kappa shape index (κ1) is 17.5. The van der Waals surface area contributed by atoms with Gasteiger partial charge in [-0.3, -0.25) is 9.78 Å². The Morgan fingerprint density at radius 2 is 1.74 bits per heavy atom. The largest absolute Gasteiger partial charge is 0.355 e. The molecule has 6 nitrogen and oxygen atoms in total. The van der Waals surface area contributed by atoms with E-state index >= 15 is 0 Å². The maximum Gasteiger partial charge on any atom is 0.274 e. The van der Waals surface area contributed by atoms with Crippen molar-refractivity contribution in [2.45, 2.75) is 31.1 Å². The second-order valence-corrected chi connectivity index (χ2v) is 7.31. The predicted octanol–water partition coefficient (Wildman–Crippen LogP) is 2.77. The van der Waals surface area contributed by atoms with Crippen molar-refractivity contribution < 1.29 is 4.79 Å². The maximum absolute atomic E-state index is 12.6. The van der Waals surface area contributed by atoms with Gasteiger partial charge in [-0.05, 0) is 31.2 Å². The molecule has 0 atom stereocenters. The number of piperidine rings is 1. The van der Waals surface area contributed by atoms with Crippen molar-refractivity contribution in [2.24, 2.45) is 0 Å². The highest BCUT2D eigenvalue weighted by Crippen LogP contribution is 2.35. The molecule has 2 aliphatic rings. The van der Waals surface area contributed by atoms with E-state index < -0.39 is 5.41 Å². The number of amides is 1. The Labute approximate surface area is 159 Å². The van der Waals surface area contributed by atoms with E-state index in [0.29, 0.717) is 5.69 Å². The molecular formula is C21H23N5O. The van der Waals surface area contributed by atoms with Crippen LogP contribution in [-0.4, -0.2) is 47.0 Å². The molecule has 2 fully saturated rings. The first-order valence-corrected chi connectivity index (χ1v) is 9.55. The number of nitriles is 1. The van der Waals surface area contributed by atoms with Crippen LogP contribution in [0.25, 0.3) is 0 Å². The predicted molar refractivity (Wildman–Crippen MR) is 102 cm³/mol. The number of benzene rings is 1. The second kappa shape index (κ2) is 7.36. The van der Waals surface area contributed by atoms with Crippen LogP contribution < -0.4 is 4.90 Å². The van der Waals surface area contributed by atoms with Crippen molar-refractivity contribution in [3.05, 3.63) is 54.0 Å². The Bertz CT molecular complexity index is 846. The lowest BCUT2D eigenvalue weighted by molar-refractivity contribution is 0.0786. The van der Waals surface area contributed by atoms with Gasteiger partial charge in [-0.2, -0.15) is 5.26 Å². The zero-order valence-electron chi connectivity index (χ0n) is 15.3. The number of aromatic nitrogens is 2. The van der Waals surface area contributed by atoms with Gasteiger partial charge in [-0.1, -0.05) is 30.3 Å². The summed E-state index contributed by atoms with van der Waals surface area (Å²) in [6, 6.07) is 12.6. The summed E-state index contributed by atoms with van der Waals surface area (Å²) in [5.41, 5.74) is 1.04. The van der Waals surface area contributed by atoms with Gasteiger partial charge < -0.3 is 9.80 Å². The van der Waals surface area contributed by atoms with Gasteiger partial charge in [-0.25, -0.2) is 4.98 Å². The fourth-order valence-corrected chi connectivity index (χ4v) is 4.03. The van der Waals surface area contributed by atoms with Crippen LogP contribution in [0.15, 0.2) is 42.7 Å². The van der Waals surface area contributed by atoms with Crippen LogP contribution in [-0.2, 0) is 5.41 Å². The van der Waals surface area contributed by atoms with Crippen molar-refractivity contribution in [3.8, 4) is 6.07 Å². The van der Waals surface area contributed by atoms with E-state index in [-0.39, 0.29) is 5.91 Å². The molecule has 0 bridgehead atoms. The van der Waals surface area contributed by atoms with Crippen LogP contribution in [0.2, 0.25) is 0 Å². The fourth-order valence-electron chi connectivity index (χ4n) is 4.03. The van der Waals surface area contributed by atoms with Crippen LogP contribution in [0, 0.1) is 11.3 Å². The first-order valence-electron chi connectivity index (χ1n) is 9.55. The molecule has 0 unspecified atom stereocenters. The lowest BCUT2D eigenvalue weighted by Gasteiger charge is -2.38. The summed E-state index contributed by atoms with van der Waals surface area (Å²) in [4.78, 5) is 25.4. The Balaban J connectivity index is 1.49. The zero-order chi connectivity index (χ0) is 18.7. The van der Waals surface area contributed by atoms with E-state index in [9.17, 15) is 10.1 Å². The minimum absolute atomic E-state index is 0.0329. The average molecular weight is 361 g/mol. The van der Waals surface area contributed by atoms with Crippen LogP contribution in [0.5, 0.6) is 0 Å². The van der Waals surface area contributed by atoms with Crippen molar-refractivity contribution in [1.82, 2.24) is 14.9 Å². The first-order chi connectivity index (χ1) is 13.2. The van der Waals surface area contributed by atoms with Crippen molar-refractivity contribution >= 4 is 11.7 Å². The number of hydrogen-bond acceptors (Lipinski definition) is 5. The maximum atomic E-state index is 12.6. The fraction of sp³-hybridized carbons (Fsp3) is 0.429. The highest BCUT2D eigenvalue weighted by molar-refractivity contribution is 5.92. The van der Waals surface area contributed by atoms with Crippen LogP contribution in [0.4, 0.5) is 5.82 Å². The molecule has 1 amide bonds. The van der Waals surface area contributed by atoms with Gasteiger partial charge in [0.2, 0.25) is 0 Å². The lowest BCUT2D eigenvalue weighted by Crippen LogP contribution is -2.42. The summed E-state index contributed by atoms with van der Waals surface area (Å²) in [6.45, 7) is 3.05. The highest BCUT2D eigenvalue weighted by atomic mass is 16.2. The standard InChI is InChI=1S/C21H23N5O/c22-16-21(17-6-2-1-3-7-17)8-12-25(13-9-21)19-15-23-14-18(24-19)20(27)26-10-4-5-11-26/h1-3,6-7,14-15H,4-5,8-13H2. The van der Waals surface area contributed by atoms with Crippen LogP contribution >= 0.6 is 0 Å². The smallest absolute Gasteiger partial charge is 0.274 e. The molecule has 2 aliphatic heterocycles. The minimum Gasteiger partial charge on any atom is -0.355 e. The van der Waals surface area contributed by atoms with Crippen molar-refractivity contribution in [3.63, 3.8) is 0 Å². The van der Waals surface area contributed by atoms with E-state index in [4.69, 9.17) is 0 Å². The van der Waals surface area contributed by atoms with Crippen molar-refractivity contribution in [2.75, 3.05) is 31.1 Å². The van der Waals surface area contributed by atoms with Gasteiger partial charge >= 0.3 is 0 Å². The SMILES string of the molecule is N#CC1(c2ccccc2)CCN(c2cncc(C(=O)N3CCCC3)n2)CC1. The van der Waals surface area contributed by atoms with E-state index in [1.165, 1.54) is 0 Å². The monoisotopic (exact) mass is 361 g/mol. The Morgan fingerprint density at radius 1 is 1.04 bits per heavy atom. The summed E-state index contributed by atoms with van der Waals surface area (Å²) in [5, 5.41) is 9.84. The number of carbonyl (C=O) groups is 1. The molecule has 1 aromatic heterocycles.